The smallest absolute Gasteiger partial charge is 0.251 e. The maximum atomic E-state index is 12.6. The molecule has 1 amide bonds. The third-order valence-corrected chi connectivity index (χ3v) is 5.68. The fraction of sp³-hybridized carbons (Fsp3) is 0.600. The van der Waals surface area contributed by atoms with Gasteiger partial charge in [0.2, 0.25) is 17.8 Å². The first kappa shape index (κ1) is 27.6. The molecule has 36 heavy (non-hydrogen) atoms. The lowest BCUT2D eigenvalue weighted by molar-refractivity contribution is 0.0511. The summed E-state index contributed by atoms with van der Waals surface area (Å²) < 4.78 is 10.7. The van der Waals surface area contributed by atoms with Crippen molar-refractivity contribution in [3.05, 3.63) is 29.8 Å². The van der Waals surface area contributed by atoms with E-state index in [-0.39, 0.29) is 5.91 Å². The molecule has 6 N–H and O–H groups in total. The SMILES string of the molecule is CCCCNc1nc(Nc2cccc(C(=O)NCCOCCOCCN)c2)nc(NC2CCCC2)n1. The molecule has 0 atom stereocenters. The Morgan fingerprint density at radius 3 is 2.53 bits per heavy atom. The number of amides is 1. The van der Waals surface area contributed by atoms with Gasteiger partial charge >= 0.3 is 0 Å². The van der Waals surface area contributed by atoms with Crippen LogP contribution in [0.1, 0.15) is 55.8 Å². The van der Waals surface area contributed by atoms with Gasteiger partial charge in [0.25, 0.3) is 5.91 Å². The fourth-order valence-electron chi connectivity index (χ4n) is 3.82. The monoisotopic (exact) mass is 500 g/mol. The van der Waals surface area contributed by atoms with Gasteiger partial charge in [0.15, 0.2) is 0 Å². The second-order valence-electron chi connectivity index (χ2n) is 8.69. The molecule has 1 aliphatic rings. The van der Waals surface area contributed by atoms with Crippen LogP contribution in [0.25, 0.3) is 0 Å². The molecule has 1 aromatic carbocycles. The Balaban J connectivity index is 1.56. The van der Waals surface area contributed by atoms with Crippen molar-refractivity contribution in [3.8, 4) is 0 Å². The van der Waals surface area contributed by atoms with Gasteiger partial charge in [0.05, 0.1) is 26.4 Å². The number of rotatable bonds is 17. The van der Waals surface area contributed by atoms with Crippen molar-refractivity contribution in [3.63, 3.8) is 0 Å². The molecule has 11 nitrogen and oxygen atoms in total. The van der Waals surface area contributed by atoms with Crippen molar-refractivity contribution < 1.29 is 14.3 Å². The van der Waals surface area contributed by atoms with Crippen LogP contribution in [0.3, 0.4) is 0 Å². The van der Waals surface area contributed by atoms with Crippen LogP contribution in [0.5, 0.6) is 0 Å². The fourth-order valence-corrected chi connectivity index (χ4v) is 3.82. The number of nitrogens with zero attached hydrogens (tertiary/aromatic N) is 3. The molecule has 1 fully saturated rings. The number of anilines is 4. The van der Waals surface area contributed by atoms with Crippen LogP contribution < -0.4 is 27.0 Å². The van der Waals surface area contributed by atoms with Gasteiger partial charge in [0, 0.05) is 36.9 Å². The predicted octanol–water partition coefficient (Wildman–Crippen LogP) is 2.90. The zero-order valence-electron chi connectivity index (χ0n) is 21.2. The number of ether oxygens (including phenoxy) is 2. The number of carbonyl (C=O) groups excluding carboxylic acids is 1. The summed E-state index contributed by atoms with van der Waals surface area (Å²) in [6.45, 7) is 5.72. The van der Waals surface area contributed by atoms with Crippen LogP contribution in [0.2, 0.25) is 0 Å². The summed E-state index contributed by atoms with van der Waals surface area (Å²) in [4.78, 5) is 26.2. The first-order chi connectivity index (χ1) is 17.7. The Morgan fingerprint density at radius 2 is 1.75 bits per heavy atom. The summed E-state index contributed by atoms with van der Waals surface area (Å²) >= 11 is 0. The topological polar surface area (TPSA) is 148 Å². The Labute approximate surface area is 213 Å². The number of nitrogens with one attached hydrogen (secondary N) is 4. The van der Waals surface area contributed by atoms with E-state index in [2.05, 4.69) is 43.1 Å². The van der Waals surface area contributed by atoms with E-state index in [1.165, 1.54) is 12.8 Å². The van der Waals surface area contributed by atoms with Crippen LogP contribution in [0.4, 0.5) is 23.5 Å². The molecule has 198 valence electrons. The Morgan fingerprint density at radius 1 is 1.00 bits per heavy atom. The first-order valence-corrected chi connectivity index (χ1v) is 12.9. The van der Waals surface area contributed by atoms with Crippen LogP contribution in [0.15, 0.2) is 24.3 Å². The minimum absolute atomic E-state index is 0.178. The highest BCUT2D eigenvalue weighted by Gasteiger charge is 2.17. The molecule has 0 unspecified atom stereocenters. The molecule has 1 aromatic heterocycles. The van der Waals surface area contributed by atoms with E-state index in [4.69, 9.17) is 15.2 Å². The van der Waals surface area contributed by atoms with Crippen molar-refractivity contribution in [2.24, 2.45) is 5.73 Å². The zero-order valence-corrected chi connectivity index (χ0v) is 21.2. The normalized spacial score (nSPS) is 13.5. The molecule has 3 rings (SSSR count). The van der Waals surface area contributed by atoms with Crippen LogP contribution in [-0.4, -0.2) is 73.0 Å². The molecule has 0 aliphatic heterocycles. The highest BCUT2D eigenvalue weighted by atomic mass is 16.5. The van der Waals surface area contributed by atoms with E-state index in [0.717, 1.165) is 32.2 Å². The number of carbonyl (C=O) groups is 1. The second kappa shape index (κ2) is 15.9. The second-order valence-corrected chi connectivity index (χ2v) is 8.69. The minimum Gasteiger partial charge on any atom is -0.378 e. The lowest BCUT2D eigenvalue weighted by Gasteiger charge is -2.15. The quantitative estimate of drug-likeness (QED) is 0.205. The molecular weight excluding hydrogens is 460 g/mol. The summed E-state index contributed by atoms with van der Waals surface area (Å²) in [5, 5.41) is 12.8. The van der Waals surface area contributed by atoms with Crippen molar-refractivity contribution >= 4 is 29.4 Å². The molecule has 0 radical (unpaired) electrons. The molecule has 0 saturated heterocycles. The minimum atomic E-state index is -0.178. The average molecular weight is 501 g/mol. The Bertz CT molecular complexity index is 924. The lowest BCUT2D eigenvalue weighted by atomic mass is 10.2. The first-order valence-electron chi connectivity index (χ1n) is 12.9. The zero-order chi connectivity index (χ0) is 25.4. The summed E-state index contributed by atoms with van der Waals surface area (Å²) in [7, 11) is 0. The molecule has 0 spiro atoms. The van der Waals surface area contributed by atoms with E-state index < -0.39 is 0 Å². The van der Waals surface area contributed by atoms with E-state index in [0.29, 0.717) is 74.7 Å². The third-order valence-electron chi connectivity index (χ3n) is 5.68. The number of benzene rings is 1. The van der Waals surface area contributed by atoms with Crippen molar-refractivity contribution in [2.45, 2.75) is 51.5 Å². The Hall–Kier alpha value is -3.02. The third kappa shape index (κ3) is 9.92. The van der Waals surface area contributed by atoms with Crippen LogP contribution in [0, 0.1) is 0 Å². The van der Waals surface area contributed by atoms with Gasteiger partial charge in [-0.25, -0.2) is 0 Å². The van der Waals surface area contributed by atoms with Crippen molar-refractivity contribution in [1.82, 2.24) is 20.3 Å². The van der Waals surface area contributed by atoms with Crippen molar-refractivity contribution in [1.29, 1.82) is 0 Å². The Kier molecular flexibility index (Phi) is 12.2. The molecule has 1 saturated carbocycles. The van der Waals surface area contributed by atoms with Gasteiger partial charge in [0.1, 0.15) is 0 Å². The highest BCUT2D eigenvalue weighted by Crippen LogP contribution is 2.22. The van der Waals surface area contributed by atoms with Gasteiger partial charge in [-0.1, -0.05) is 32.3 Å². The molecule has 1 heterocycles. The maximum Gasteiger partial charge on any atom is 0.251 e. The molecule has 2 aromatic rings. The summed E-state index contributed by atoms with van der Waals surface area (Å²) in [5.74, 6) is 1.33. The number of nitrogens with two attached hydrogens (primary N) is 1. The van der Waals surface area contributed by atoms with E-state index in [1.54, 1.807) is 12.1 Å². The molecule has 1 aliphatic carbocycles. The number of hydrogen-bond acceptors (Lipinski definition) is 10. The highest BCUT2D eigenvalue weighted by molar-refractivity contribution is 5.95. The summed E-state index contributed by atoms with van der Waals surface area (Å²) in [5.41, 5.74) is 6.61. The maximum absolute atomic E-state index is 12.6. The van der Waals surface area contributed by atoms with Gasteiger partial charge in [-0.3, -0.25) is 4.79 Å². The summed E-state index contributed by atoms with van der Waals surface area (Å²) in [6.07, 6.45) is 6.80. The van der Waals surface area contributed by atoms with Crippen molar-refractivity contribution in [2.75, 3.05) is 62.0 Å². The molecule has 11 heteroatoms. The summed E-state index contributed by atoms with van der Waals surface area (Å²) in [6, 6.07) is 7.62. The number of aromatic nitrogens is 3. The van der Waals surface area contributed by atoms with Gasteiger partial charge in [-0.15, -0.1) is 0 Å². The van der Waals surface area contributed by atoms with E-state index >= 15 is 0 Å². The average Bonchev–Trinajstić information content (AvgIpc) is 3.39. The van der Waals surface area contributed by atoms with Crippen LogP contribution >= 0.6 is 0 Å². The van der Waals surface area contributed by atoms with E-state index in [1.807, 2.05) is 12.1 Å². The number of hydrogen-bond donors (Lipinski definition) is 5. The lowest BCUT2D eigenvalue weighted by Crippen LogP contribution is -2.27. The van der Waals surface area contributed by atoms with Gasteiger partial charge in [-0.2, -0.15) is 15.0 Å². The van der Waals surface area contributed by atoms with Crippen LogP contribution in [-0.2, 0) is 9.47 Å². The number of unbranched alkanes of at least 4 members (excludes halogenated alkanes) is 1. The van der Waals surface area contributed by atoms with Gasteiger partial charge in [-0.05, 0) is 37.5 Å². The largest absolute Gasteiger partial charge is 0.378 e. The molecule has 0 bridgehead atoms. The van der Waals surface area contributed by atoms with Gasteiger partial charge < -0.3 is 36.5 Å². The van der Waals surface area contributed by atoms with E-state index in [9.17, 15) is 4.79 Å². The molecular formula is C25H40N8O3. The standard InChI is InChI=1S/C25H40N8O3/c1-2-3-12-28-23-31-24(29-20-8-4-5-9-20)33-25(32-23)30-21-10-6-7-19(18-21)22(34)27-13-15-36-17-16-35-14-11-26/h6-7,10,18,20H,2-5,8-9,11-17,26H2,1H3,(H,27,34)(H3,28,29,30,31,32,33). The predicted molar refractivity (Wildman–Crippen MR) is 142 cm³/mol.